The smallest absolute Gasteiger partial charge is 0.317 e. The lowest BCUT2D eigenvalue weighted by Crippen LogP contribution is -2.41. The molecule has 2 fully saturated rings. The molecule has 2 amide bonds. The van der Waals surface area contributed by atoms with Crippen molar-refractivity contribution in [3.63, 3.8) is 0 Å². The van der Waals surface area contributed by atoms with E-state index in [4.69, 9.17) is 0 Å². The number of carbonyl (C=O) groups is 1. The molecule has 1 aromatic rings. The number of nitrogens with zero attached hydrogens (tertiary/aromatic N) is 1. The predicted molar refractivity (Wildman–Crippen MR) is 71.1 cm³/mol. The Morgan fingerprint density at radius 3 is 2.60 bits per heavy atom. The van der Waals surface area contributed by atoms with Gasteiger partial charge in [-0.25, -0.2) is 13.6 Å². The Morgan fingerprint density at radius 2 is 2.00 bits per heavy atom. The monoisotopic (exact) mass is 280 g/mol. The molecule has 0 aromatic heterocycles. The zero-order valence-electron chi connectivity index (χ0n) is 11.4. The molecular weight excluding hydrogens is 262 g/mol. The number of nitrogens with one attached hydrogen (secondary N) is 1. The van der Waals surface area contributed by atoms with Crippen LogP contribution in [0.5, 0.6) is 0 Å². The van der Waals surface area contributed by atoms with Crippen molar-refractivity contribution in [2.45, 2.75) is 37.8 Å². The molecule has 1 unspecified atom stereocenters. The maximum atomic E-state index is 13.9. The van der Waals surface area contributed by atoms with E-state index in [0.717, 1.165) is 37.8 Å². The van der Waals surface area contributed by atoms with E-state index in [1.807, 2.05) is 0 Å². The van der Waals surface area contributed by atoms with Crippen molar-refractivity contribution in [1.29, 1.82) is 0 Å². The molecule has 0 heterocycles. The lowest BCUT2D eigenvalue weighted by Gasteiger charge is -2.24. The number of hydrogen-bond donors (Lipinski definition) is 1. The first-order valence-electron chi connectivity index (χ1n) is 7.04. The van der Waals surface area contributed by atoms with Gasteiger partial charge in [0.05, 0.1) is 6.04 Å². The number of benzene rings is 1. The molecular formula is C15H18F2N2O. The minimum atomic E-state index is -0.475. The Balaban J connectivity index is 1.78. The number of amides is 2. The van der Waals surface area contributed by atoms with Crippen LogP contribution in [0.25, 0.3) is 0 Å². The molecule has 1 atom stereocenters. The quantitative estimate of drug-likeness (QED) is 0.902. The van der Waals surface area contributed by atoms with E-state index in [0.29, 0.717) is 6.04 Å². The third kappa shape index (κ3) is 2.76. The molecule has 0 aliphatic heterocycles. The van der Waals surface area contributed by atoms with Crippen LogP contribution in [-0.2, 0) is 0 Å². The Bertz CT molecular complexity index is 527. The summed E-state index contributed by atoms with van der Waals surface area (Å²) in [6.45, 7) is 0. The van der Waals surface area contributed by atoms with Crippen molar-refractivity contribution in [3.05, 3.63) is 35.4 Å². The first kappa shape index (κ1) is 13.3. The summed E-state index contributed by atoms with van der Waals surface area (Å²) >= 11 is 0. The van der Waals surface area contributed by atoms with Crippen molar-refractivity contribution in [3.8, 4) is 0 Å². The van der Waals surface area contributed by atoms with Crippen LogP contribution in [0.4, 0.5) is 13.6 Å². The van der Waals surface area contributed by atoms with Crippen LogP contribution in [0.3, 0.4) is 0 Å². The van der Waals surface area contributed by atoms with Crippen molar-refractivity contribution in [2.75, 3.05) is 7.05 Å². The zero-order chi connectivity index (χ0) is 14.3. The number of rotatable bonds is 4. The summed E-state index contributed by atoms with van der Waals surface area (Å²) < 4.78 is 27.2. The largest absolute Gasteiger partial charge is 0.331 e. The van der Waals surface area contributed by atoms with Crippen LogP contribution >= 0.6 is 0 Å². The fraction of sp³-hybridized carbons (Fsp3) is 0.533. The predicted octanol–water partition coefficient (Wildman–Crippen LogP) is 3.22. The second-order valence-corrected chi connectivity index (χ2v) is 5.77. The highest BCUT2D eigenvalue weighted by Crippen LogP contribution is 2.42. The molecule has 0 saturated heterocycles. The molecule has 2 aliphatic carbocycles. The Hall–Kier alpha value is -1.65. The van der Waals surface area contributed by atoms with E-state index in [-0.39, 0.29) is 17.5 Å². The van der Waals surface area contributed by atoms with Gasteiger partial charge in [0, 0.05) is 18.7 Å². The molecule has 5 heteroatoms. The maximum absolute atomic E-state index is 13.9. The number of hydrogen-bond acceptors (Lipinski definition) is 1. The van der Waals surface area contributed by atoms with E-state index in [1.54, 1.807) is 11.9 Å². The second kappa shape index (κ2) is 5.04. The van der Waals surface area contributed by atoms with Gasteiger partial charge in [-0.3, -0.25) is 0 Å². The summed E-state index contributed by atoms with van der Waals surface area (Å²) in [6, 6.07) is 3.08. The van der Waals surface area contributed by atoms with Gasteiger partial charge in [0.1, 0.15) is 11.6 Å². The van der Waals surface area contributed by atoms with Crippen LogP contribution in [0, 0.1) is 17.6 Å². The normalized spacial score (nSPS) is 19.6. The summed E-state index contributed by atoms with van der Waals surface area (Å²) in [5.74, 6) is -0.725. The van der Waals surface area contributed by atoms with Crippen molar-refractivity contribution in [2.24, 2.45) is 5.92 Å². The highest BCUT2D eigenvalue weighted by atomic mass is 19.1. The molecule has 2 aliphatic rings. The van der Waals surface area contributed by atoms with Crippen molar-refractivity contribution >= 4 is 6.03 Å². The molecule has 1 aromatic carbocycles. The summed E-state index contributed by atoms with van der Waals surface area (Å²) in [7, 11) is 1.75. The van der Waals surface area contributed by atoms with Crippen molar-refractivity contribution < 1.29 is 13.6 Å². The van der Waals surface area contributed by atoms with E-state index in [9.17, 15) is 13.6 Å². The minimum Gasteiger partial charge on any atom is -0.331 e. The average molecular weight is 280 g/mol. The van der Waals surface area contributed by atoms with E-state index in [2.05, 4.69) is 5.32 Å². The minimum absolute atomic E-state index is 0.201. The van der Waals surface area contributed by atoms with Gasteiger partial charge in [-0.2, -0.15) is 0 Å². The van der Waals surface area contributed by atoms with E-state index < -0.39 is 17.7 Å². The molecule has 0 spiro atoms. The first-order chi connectivity index (χ1) is 9.56. The van der Waals surface area contributed by atoms with Gasteiger partial charge >= 0.3 is 6.03 Å². The summed E-state index contributed by atoms with van der Waals surface area (Å²) in [6.07, 6.45) is 3.92. The SMILES string of the molecule is CN(C(=O)NC(c1cc(F)ccc1F)C1CC1)C1CC1. The number of urea groups is 1. The third-order valence-corrected chi connectivity index (χ3v) is 4.08. The molecule has 3 rings (SSSR count). The Kier molecular flexibility index (Phi) is 3.36. The Morgan fingerprint density at radius 1 is 1.30 bits per heavy atom. The molecule has 1 N–H and O–H groups in total. The van der Waals surface area contributed by atoms with Gasteiger partial charge in [0.2, 0.25) is 0 Å². The maximum Gasteiger partial charge on any atom is 0.317 e. The average Bonchev–Trinajstić information content (AvgIpc) is 3.29. The molecule has 2 saturated carbocycles. The molecule has 0 radical (unpaired) electrons. The van der Waals surface area contributed by atoms with Crippen LogP contribution < -0.4 is 5.32 Å². The third-order valence-electron chi connectivity index (χ3n) is 4.08. The fourth-order valence-electron chi connectivity index (χ4n) is 2.49. The lowest BCUT2D eigenvalue weighted by atomic mass is 10.0. The highest BCUT2D eigenvalue weighted by molar-refractivity contribution is 5.75. The van der Waals surface area contributed by atoms with Gasteiger partial charge in [-0.15, -0.1) is 0 Å². The molecule has 0 bridgehead atoms. The van der Waals surface area contributed by atoms with Crippen LogP contribution in [-0.4, -0.2) is 24.0 Å². The number of halogens is 2. The van der Waals surface area contributed by atoms with E-state index >= 15 is 0 Å². The van der Waals surface area contributed by atoms with Crippen LogP contribution in [0.1, 0.15) is 37.3 Å². The zero-order valence-corrected chi connectivity index (χ0v) is 11.4. The van der Waals surface area contributed by atoms with Crippen LogP contribution in [0.2, 0.25) is 0 Å². The topological polar surface area (TPSA) is 32.3 Å². The molecule has 20 heavy (non-hydrogen) atoms. The molecule has 3 nitrogen and oxygen atoms in total. The second-order valence-electron chi connectivity index (χ2n) is 5.77. The van der Waals surface area contributed by atoms with Crippen molar-refractivity contribution in [1.82, 2.24) is 10.2 Å². The van der Waals surface area contributed by atoms with E-state index in [1.165, 1.54) is 6.07 Å². The summed E-state index contributed by atoms with van der Waals surface area (Å²) in [5.41, 5.74) is 0.255. The summed E-state index contributed by atoms with van der Waals surface area (Å²) in [5, 5.41) is 2.86. The fourth-order valence-corrected chi connectivity index (χ4v) is 2.49. The van der Waals surface area contributed by atoms with Gasteiger partial charge < -0.3 is 10.2 Å². The van der Waals surface area contributed by atoms with Gasteiger partial charge in [0.25, 0.3) is 0 Å². The standard InChI is InChI=1S/C15H18F2N2O/c1-19(11-5-6-11)15(20)18-14(9-2-3-9)12-8-10(16)4-7-13(12)17/h4,7-9,11,14H,2-3,5-6H2,1H3,(H,18,20). The number of carbonyl (C=O) groups excluding carboxylic acids is 1. The Labute approximate surface area is 117 Å². The first-order valence-corrected chi connectivity index (χ1v) is 7.04. The highest BCUT2D eigenvalue weighted by Gasteiger charge is 2.37. The van der Waals surface area contributed by atoms with Crippen LogP contribution in [0.15, 0.2) is 18.2 Å². The van der Waals surface area contributed by atoms with Gasteiger partial charge in [0.15, 0.2) is 0 Å². The molecule has 108 valence electrons. The van der Waals surface area contributed by atoms with Gasteiger partial charge in [-0.05, 0) is 49.8 Å². The van der Waals surface area contributed by atoms with Gasteiger partial charge in [-0.1, -0.05) is 0 Å². The lowest BCUT2D eigenvalue weighted by molar-refractivity contribution is 0.200. The summed E-state index contributed by atoms with van der Waals surface area (Å²) in [4.78, 5) is 13.8.